The van der Waals surface area contributed by atoms with E-state index in [0.717, 1.165) is 0 Å². The lowest BCUT2D eigenvalue weighted by Gasteiger charge is -2.13. The molecule has 126 valence electrons. The zero-order valence-electron chi connectivity index (χ0n) is 12.3. The number of amides is 1. The minimum Gasteiger partial charge on any atom is -0.445 e. The van der Waals surface area contributed by atoms with E-state index in [1.165, 1.54) is 24.3 Å². The fourth-order valence-electron chi connectivity index (χ4n) is 2.22. The Bertz CT molecular complexity index is 553. The quantitative estimate of drug-likeness (QED) is 0.408. The van der Waals surface area contributed by atoms with Crippen LogP contribution < -0.4 is 5.32 Å². The van der Waals surface area contributed by atoms with Crippen LogP contribution in [0.1, 0.15) is 12.0 Å². The van der Waals surface area contributed by atoms with Crippen LogP contribution in [-0.2, 0) is 16.1 Å². The molecule has 0 spiro atoms. The SMILES string of the molecule is O=C(NC[C@@H]1C[C@H](S)[C@@H](CO)O1)OCc1ccc([N+](=O)[O-])cc1. The van der Waals surface area contributed by atoms with Crippen molar-refractivity contribution in [3.63, 3.8) is 0 Å². The molecule has 23 heavy (non-hydrogen) atoms. The highest BCUT2D eigenvalue weighted by Crippen LogP contribution is 2.24. The fraction of sp³-hybridized carbons (Fsp3) is 0.500. The number of alkyl carbamates (subject to hydrolysis) is 1. The molecule has 1 aliphatic heterocycles. The van der Waals surface area contributed by atoms with Gasteiger partial charge in [0.25, 0.3) is 5.69 Å². The predicted octanol–water partition coefficient (Wildman–Crippen LogP) is 1.27. The molecule has 1 saturated heterocycles. The number of ether oxygens (including phenoxy) is 2. The van der Waals surface area contributed by atoms with Gasteiger partial charge >= 0.3 is 6.09 Å². The summed E-state index contributed by atoms with van der Waals surface area (Å²) in [5, 5.41) is 22.1. The Balaban J connectivity index is 1.70. The zero-order valence-corrected chi connectivity index (χ0v) is 13.1. The van der Waals surface area contributed by atoms with E-state index in [-0.39, 0.29) is 42.9 Å². The number of thiol groups is 1. The Morgan fingerprint density at radius 1 is 1.48 bits per heavy atom. The number of hydrogen-bond donors (Lipinski definition) is 3. The Morgan fingerprint density at radius 3 is 2.74 bits per heavy atom. The van der Waals surface area contributed by atoms with Crippen molar-refractivity contribution >= 4 is 24.4 Å². The summed E-state index contributed by atoms with van der Waals surface area (Å²) in [7, 11) is 0. The number of aliphatic hydroxyl groups excluding tert-OH is 1. The first-order chi connectivity index (χ1) is 11.0. The molecule has 1 amide bonds. The molecule has 0 aromatic heterocycles. The van der Waals surface area contributed by atoms with Gasteiger partial charge in [0.2, 0.25) is 0 Å². The molecule has 0 radical (unpaired) electrons. The molecule has 2 N–H and O–H groups in total. The zero-order chi connectivity index (χ0) is 16.8. The number of nitro benzene ring substituents is 1. The molecule has 1 fully saturated rings. The van der Waals surface area contributed by atoms with Crippen LogP contribution in [0.15, 0.2) is 24.3 Å². The molecule has 9 heteroatoms. The number of nitro groups is 1. The summed E-state index contributed by atoms with van der Waals surface area (Å²) in [6.07, 6.45) is -0.491. The number of aliphatic hydroxyl groups is 1. The van der Waals surface area contributed by atoms with E-state index in [0.29, 0.717) is 12.0 Å². The maximum atomic E-state index is 11.6. The minimum atomic E-state index is -0.602. The van der Waals surface area contributed by atoms with Gasteiger partial charge in [-0.2, -0.15) is 12.6 Å². The average molecular weight is 342 g/mol. The van der Waals surface area contributed by atoms with Crippen molar-refractivity contribution < 1.29 is 24.3 Å². The second-order valence-electron chi connectivity index (χ2n) is 5.16. The number of benzene rings is 1. The fourth-order valence-corrected chi connectivity index (χ4v) is 2.62. The van der Waals surface area contributed by atoms with Gasteiger partial charge in [-0.3, -0.25) is 10.1 Å². The number of rotatable bonds is 6. The summed E-state index contributed by atoms with van der Waals surface area (Å²) in [6.45, 7) is 0.186. The molecule has 0 unspecified atom stereocenters. The summed E-state index contributed by atoms with van der Waals surface area (Å²) in [5.74, 6) is 0. The van der Waals surface area contributed by atoms with E-state index in [1.54, 1.807) is 0 Å². The summed E-state index contributed by atoms with van der Waals surface area (Å²) >= 11 is 4.31. The summed E-state index contributed by atoms with van der Waals surface area (Å²) < 4.78 is 10.5. The van der Waals surface area contributed by atoms with Crippen molar-refractivity contribution in [1.29, 1.82) is 0 Å². The topological polar surface area (TPSA) is 111 Å². The van der Waals surface area contributed by atoms with Gasteiger partial charge in [0.1, 0.15) is 6.61 Å². The third-order valence-electron chi connectivity index (χ3n) is 3.47. The normalized spacial score (nSPS) is 23.5. The number of nitrogens with zero attached hydrogens (tertiary/aromatic N) is 1. The third-order valence-corrected chi connectivity index (χ3v) is 4.02. The number of non-ortho nitro benzene ring substituents is 1. The van der Waals surface area contributed by atoms with E-state index in [1.807, 2.05) is 0 Å². The Hall–Kier alpha value is -1.84. The van der Waals surface area contributed by atoms with Crippen molar-refractivity contribution in [1.82, 2.24) is 5.32 Å². The molecule has 3 atom stereocenters. The number of carbonyl (C=O) groups excluding carboxylic acids is 1. The molecular formula is C14H18N2O6S. The van der Waals surface area contributed by atoms with Gasteiger partial charge in [-0.15, -0.1) is 0 Å². The van der Waals surface area contributed by atoms with Gasteiger partial charge in [-0.05, 0) is 24.1 Å². The number of hydrogen-bond acceptors (Lipinski definition) is 7. The van der Waals surface area contributed by atoms with E-state index in [9.17, 15) is 14.9 Å². The van der Waals surface area contributed by atoms with E-state index in [4.69, 9.17) is 14.6 Å². The summed E-state index contributed by atoms with van der Waals surface area (Å²) in [6, 6.07) is 5.77. The van der Waals surface area contributed by atoms with Gasteiger partial charge in [0.05, 0.1) is 23.7 Å². The van der Waals surface area contributed by atoms with Gasteiger partial charge < -0.3 is 19.9 Å². The molecule has 0 bridgehead atoms. The van der Waals surface area contributed by atoms with Gasteiger partial charge in [-0.25, -0.2) is 4.79 Å². The van der Waals surface area contributed by atoms with Crippen LogP contribution in [0, 0.1) is 10.1 Å². The molecule has 2 rings (SSSR count). The van der Waals surface area contributed by atoms with Crippen LogP contribution >= 0.6 is 12.6 Å². The molecular weight excluding hydrogens is 324 g/mol. The lowest BCUT2D eigenvalue weighted by molar-refractivity contribution is -0.384. The van der Waals surface area contributed by atoms with E-state index < -0.39 is 11.0 Å². The molecule has 0 aliphatic carbocycles. The highest BCUT2D eigenvalue weighted by Gasteiger charge is 2.32. The second kappa shape index (κ2) is 8.14. The lowest BCUT2D eigenvalue weighted by Crippen LogP contribution is -2.32. The lowest BCUT2D eigenvalue weighted by atomic mass is 10.2. The second-order valence-corrected chi connectivity index (χ2v) is 5.83. The molecule has 1 aliphatic rings. The number of nitrogens with one attached hydrogen (secondary N) is 1. The van der Waals surface area contributed by atoms with E-state index in [2.05, 4.69) is 17.9 Å². The maximum absolute atomic E-state index is 11.6. The number of carbonyl (C=O) groups is 1. The van der Waals surface area contributed by atoms with Gasteiger partial charge in [-0.1, -0.05) is 0 Å². The summed E-state index contributed by atoms with van der Waals surface area (Å²) in [4.78, 5) is 21.7. The minimum absolute atomic E-state index is 0.0173. The first kappa shape index (κ1) is 17.5. The molecule has 8 nitrogen and oxygen atoms in total. The highest BCUT2D eigenvalue weighted by molar-refractivity contribution is 7.81. The van der Waals surface area contributed by atoms with Crippen molar-refractivity contribution in [3.05, 3.63) is 39.9 Å². The Labute approximate surface area is 138 Å². The standard InChI is InChI=1S/C14H18N2O6S/c17-7-12-13(23)5-11(22-12)6-15-14(18)21-8-9-1-3-10(4-2-9)16(19)20/h1-4,11-13,17,23H,5-8H2,(H,15,18)/t11-,12+,13-/m0/s1. The Kier molecular flexibility index (Phi) is 6.20. The molecule has 0 saturated carbocycles. The van der Waals surface area contributed by atoms with Crippen LogP contribution in [0.2, 0.25) is 0 Å². The maximum Gasteiger partial charge on any atom is 0.407 e. The van der Waals surface area contributed by atoms with Crippen molar-refractivity contribution in [2.24, 2.45) is 0 Å². The van der Waals surface area contributed by atoms with Crippen LogP contribution in [0.4, 0.5) is 10.5 Å². The van der Waals surface area contributed by atoms with Crippen LogP contribution in [-0.4, -0.2) is 46.7 Å². The van der Waals surface area contributed by atoms with Crippen LogP contribution in [0.25, 0.3) is 0 Å². The predicted molar refractivity (Wildman–Crippen MR) is 84.4 cm³/mol. The smallest absolute Gasteiger partial charge is 0.407 e. The van der Waals surface area contributed by atoms with Crippen molar-refractivity contribution in [2.75, 3.05) is 13.2 Å². The first-order valence-electron chi connectivity index (χ1n) is 7.08. The molecule has 1 heterocycles. The Morgan fingerprint density at radius 2 is 2.17 bits per heavy atom. The summed E-state index contributed by atoms with van der Waals surface area (Å²) in [5.41, 5.74) is 0.634. The largest absolute Gasteiger partial charge is 0.445 e. The first-order valence-corrected chi connectivity index (χ1v) is 7.59. The molecule has 1 aromatic carbocycles. The monoisotopic (exact) mass is 342 g/mol. The van der Waals surface area contributed by atoms with Crippen molar-refractivity contribution in [3.8, 4) is 0 Å². The van der Waals surface area contributed by atoms with Crippen LogP contribution in [0.3, 0.4) is 0 Å². The van der Waals surface area contributed by atoms with Gasteiger partial charge in [0.15, 0.2) is 0 Å². The van der Waals surface area contributed by atoms with Crippen LogP contribution in [0.5, 0.6) is 0 Å². The van der Waals surface area contributed by atoms with Gasteiger partial charge in [0, 0.05) is 23.9 Å². The average Bonchev–Trinajstić information content (AvgIpc) is 2.91. The highest BCUT2D eigenvalue weighted by atomic mass is 32.1. The molecule has 1 aromatic rings. The third kappa shape index (κ3) is 5.08. The van der Waals surface area contributed by atoms with E-state index >= 15 is 0 Å². The van der Waals surface area contributed by atoms with Crippen molar-refractivity contribution in [2.45, 2.75) is 30.5 Å².